The van der Waals surface area contributed by atoms with Crippen molar-refractivity contribution in [3.8, 4) is 0 Å². The number of hydrogen-bond acceptors (Lipinski definition) is 5. The molecule has 0 spiro atoms. The summed E-state index contributed by atoms with van der Waals surface area (Å²) < 4.78 is 5.29. The number of hydrogen-bond donors (Lipinski definition) is 3. The molecule has 0 heterocycles. The third kappa shape index (κ3) is 8.89. The number of para-hydroxylation sites is 1. The van der Waals surface area contributed by atoms with Crippen LogP contribution >= 0.6 is 0 Å². The van der Waals surface area contributed by atoms with Gasteiger partial charge in [-0.15, -0.1) is 0 Å². The van der Waals surface area contributed by atoms with E-state index in [4.69, 9.17) is 4.74 Å². The molecule has 0 bridgehead atoms. The summed E-state index contributed by atoms with van der Waals surface area (Å²) in [6.45, 7) is 10.6. The van der Waals surface area contributed by atoms with Gasteiger partial charge in [0.1, 0.15) is 17.7 Å². The normalized spacial score (nSPS) is 12.8. The van der Waals surface area contributed by atoms with Gasteiger partial charge in [0.25, 0.3) is 5.91 Å². The molecule has 0 aliphatic rings. The quantitative estimate of drug-likeness (QED) is 0.373. The van der Waals surface area contributed by atoms with Crippen LogP contribution in [0, 0.1) is 13.8 Å². The van der Waals surface area contributed by atoms with E-state index in [1.807, 2.05) is 62.4 Å². The van der Waals surface area contributed by atoms with Gasteiger partial charge in [-0.25, -0.2) is 4.79 Å². The van der Waals surface area contributed by atoms with Gasteiger partial charge >= 0.3 is 6.09 Å². The topological polar surface area (TPSA) is 108 Å². The largest absolute Gasteiger partial charge is 0.444 e. The second-order valence-corrected chi connectivity index (χ2v) is 10.2. The summed E-state index contributed by atoms with van der Waals surface area (Å²) in [4.78, 5) is 41.6. The fraction of sp³-hybridized carbons (Fsp3) is 0.483. The average molecular weight is 512 g/mol. The molecule has 8 nitrogen and oxygen atoms in total. The molecule has 0 aliphatic heterocycles. The van der Waals surface area contributed by atoms with Gasteiger partial charge in [0.05, 0.1) is 6.61 Å². The van der Waals surface area contributed by atoms with Gasteiger partial charge < -0.3 is 25.4 Å². The van der Waals surface area contributed by atoms with Crippen molar-refractivity contribution in [1.82, 2.24) is 10.2 Å². The van der Waals surface area contributed by atoms with Gasteiger partial charge in [0.2, 0.25) is 5.91 Å². The average Bonchev–Trinajstić information content (AvgIpc) is 2.83. The molecule has 2 rings (SSSR count). The zero-order chi connectivity index (χ0) is 27.6. The van der Waals surface area contributed by atoms with Crippen molar-refractivity contribution in [2.24, 2.45) is 0 Å². The molecule has 2 atom stereocenters. The summed E-state index contributed by atoms with van der Waals surface area (Å²) in [5, 5.41) is 15.5. The zero-order valence-electron chi connectivity index (χ0n) is 22.8. The van der Waals surface area contributed by atoms with E-state index in [9.17, 15) is 19.5 Å². The predicted octanol–water partition coefficient (Wildman–Crippen LogP) is 4.89. The molecule has 3 N–H and O–H groups in total. The maximum Gasteiger partial charge on any atom is 0.408 e. The van der Waals surface area contributed by atoms with Crippen molar-refractivity contribution in [3.63, 3.8) is 0 Å². The number of alkyl carbamates (subject to hydrolysis) is 1. The number of carbonyl (C=O) groups excluding carboxylic acids is 3. The lowest BCUT2D eigenvalue weighted by atomic mass is 9.97. The van der Waals surface area contributed by atoms with E-state index in [1.165, 1.54) is 4.90 Å². The molecule has 0 radical (unpaired) electrons. The summed E-state index contributed by atoms with van der Waals surface area (Å²) in [5.74, 6) is -0.931. The van der Waals surface area contributed by atoms with Crippen LogP contribution < -0.4 is 10.6 Å². The molecule has 37 heavy (non-hydrogen) atoms. The van der Waals surface area contributed by atoms with E-state index >= 15 is 0 Å². The van der Waals surface area contributed by atoms with E-state index in [-0.39, 0.29) is 12.5 Å². The Bertz CT molecular complexity index is 1060. The Kier molecular flexibility index (Phi) is 11.1. The first-order chi connectivity index (χ1) is 17.5. The fourth-order valence-corrected chi connectivity index (χ4v) is 3.99. The van der Waals surface area contributed by atoms with E-state index in [0.717, 1.165) is 24.0 Å². The van der Waals surface area contributed by atoms with Crippen LogP contribution in [0.4, 0.5) is 10.5 Å². The van der Waals surface area contributed by atoms with E-state index in [0.29, 0.717) is 17.7 Å². The lowest BCUT2D eigenvalue weighted by Crippen LogP contribution is -2.54. The number of aryl methyl sites for hydroxylation is 2. The van der Waals surface area contributed by atoms with Crippen molar-refractivity contribution < 1.29 is 24.2 Å². The number of carbonyl (C=O) groups is 3. The Balaban J connectivity index is 2.49. The predicted molar refractivity (Wildman–Crippen MR) is 145 cm³/mol. The third-order valence-corrected chi connectivity index (χ3v) is 5.90. The standard InChI is InChI=1S/C29H41N3O5/c1-7-8-13-18-32(27(35)24(19-33)31-28(36)37-29(4,5)6)25(22-16-11-9-14-20(22)2)26(34)30-23-17-12-10-15-21(23)3/h9-12,14-17,24-25,33H,7-8,13,18-19H2,1-6H3,(H,30,34)(H,31,36). The second-order valence-electron chi connectivity index (χ2n) is 10.2. The van der Waals surface area contributed by atoms with Crippen LogP contribution in [0.2, 0.25) is 0 Å². The molecular formula is C29H41N3O5. The second kappa shape index (κ2) is 13.8. The van der Waals surface area contributed by atoms with E-state index in [2.05, 4.69) is 17.6 Å². The maximum absolute atomic E-state index is 13.8. The number of aliphatic hydroxyl groups excluding tert-OH is 1. The molecule has 202 valence electrons. The first-order valence-electron chi connectivity index (χ1n) is 12.8. The number of unbranched alkanes of at least 4 members (excludes halogenated alkanes) is 2. The smallest absolute Gasteiger partial charge is 0.408 e. The summed E-state index contributed by atoms with van der Waals surface area (Å²) in [6, 6.07) is 12.6. The van der Waals surface area contributed by atoms with Crippen molar-refractivity contribution in [3.05, 3.63) is 65.2 Å². The van der Waals surface area contributed by atoms with Crippen molar-refractivity contribution in [1.29, 1.82) is 0 Å². The zero-order valence-corrected chi connectivity index (χ0v) is 22.8. The Morgan fingerprint density at radius 1 is 0.973 bits per heavy atom. The van der Waals surface area contributed by atoms with Crippen LogP contribution in [-0.4, -0.2) is 52.7 Å². The van der Waals surface area contributed by atoms with E-state index < -0.39 is 36.3 Å². The Hall–Kier alpha value is -3.39. The maximum atomic E-state index is 13.8. The minimum atomic E-state index is -1.27. The highest BCUT2D eigenvalue weighted by molar-refractivity contribution is 5.99. The molecule has 0 saturated heterocycles. The lowest BCUT2D eigenvalue weighted by molar-refractivity contribution is -0.141. The lowest BCUT2D eigenvalue weighted by Gasteiger charge is -2.35. The summed E-state index contributed by atoms with van der Waals surface area (Å²) in [5.41, 5.74) is 2.29. The number of nitrogens with one attached hydrogen (secondary N) is 2. The number of anilines is 1. The highest BCUT2D eigenvalue weighted by Gasteiger charge is 2.36. The number of rotatable bonds is 11. The SMILES string of the molecule is CCCCCN(C(=O)C(CO)NC(=O)OC(C)(C)C)C(C(=O)Nc1ccccc1C)c1ccccc1C. The minimum Gasteiger partial charge on any atom is -0.444 e. The van der Waals surface area contributed by atoms with Gasteiger partial charge in [-0.2, -0.15) is 0 Å². The van der Waals surface area contributed by atoms with E-state index in [1.54, 1.807) is 20.8 Å². The molecule has 2 unspecified atom stereocenters. The molecule has 0 saturated carbocycles. The highest BCUT2D eigenvalue weighted by atomic mass is 16.6. The third-order valence-electron chi connectivity index (χ3n) is 5.90. The number of nitrogens with zero attached hydrogens (tertiary/aromatic N) is 1. The van der Waals surface area contributed by atoms with Crippen LogP contribution in [0.25, 0.3) is 0 Å². The first kappa shape index (κ1) is 29.8. The number of amides is 3. The minimum absolute atomic E-state index is 0.277. The number of aliphatic hydroxyl groups is 1. The van der Waals surface area contributed by atoms with Gasteiger partial charge in [0, 0.05) is 12.2 Å². The van der Waals surface area contributed by atoms with Gasteiger partial charge in [0.15, 0.2) is 0 Å². The number of ether oxygens (including phenoxy) is 1. The van der Waals surface area contributed by atoms with Crippen molar-refractivity contribution in [2.45, 2.75) is 78.5 Å². The highest BCUT2D eigenvalue weighted by Crippen LogP contribution is 2.28. The van der Waals surface area contributed by atoms with Crippen LogP contribution in [-0.2, 0) is 14.3 Å². The Morgan fingerprint density at radius 3 is 2.16 bits per heavy atom. The first-order valence-corrected chi connectivity index (χ1v) is 12.8. The summed E-state index contributed by atoms with van der Waals surface area (Å²) in [7, 11) is 0. The molecule has 0 fully saturated rings. The summed E-state index contributed by atoms with van der Waals surface area (Å²) >= 11 is 0. The van der Waals surface area contributed by atoms with Crippen molar-refractivity contribution >= 4 is 23.6 Å². The summed E-state index contributed by atoms with van der Waals surface area (Å²) in [6.07, 6.45) is 1.62. The molecule has 2 aromatic rings. The number of benzene rings is 2. The van der Waals surface area contributed by atoms with Crippen molar-refractivity contribution in [2.75, 3.05) is 18.5 Å². The fourth-order valence-electron chi connectivity index (χ4n) is 3.99. The monoisotopic (exact) mass is 511 g/mol. The van der Waals surface area contributed by atoms with Crippen LogP contribution in [0.3, 0.4) is 0 Å². The molecule has 8 heteroatoms. The molecule has 2 aromatic carbocycles. The Morgan fingerprint density at radius 2 is 1.59 bits per heavy atom. The van der Waals surface area contributed by atoms with Crippen LogP contribution in [0.15, 0.2) is 48.5 Å². The van der Waals surface area contributed by atoms with Gasteiger partial charge in [-0.05, 0) is 63.8 Å². The molecular weight excluding hydrogens is 470 g/mol. The Labute approximate surface area is 220 Å². The van der Waals surface area contributed by atoms with Crippen LogP contribution in [0.5, 0.6) is 0 Å². The van der Waals surface area contributed by atoms with Crippen LogP contribution in [0.1, 0.15) is 69.7 Å². The molecule has 0 aliphatic carbocycles. The van der Waals surface area contributed by atoms with Gasteiger partial charge in [-0.3, -0.25) is 9.59 Å². The molecule has 3 amide bonds. The van der Waals surface area contributed by atoms with Gasteiger partial charge in [-0.1, -0.05) is 62.2 Å². The molecule has 0 aromatic heterocycles.